The average molecular weight is 543 g/mol. The van der Waals surface area contributed by atoms with E-state index in [2.05, 4.69) is 46.2 Å². The first-order chi connectivity index (χ1) is 19.3. The van der Waals surface area contributed by atoms with Crippen LogP contribution in [0, 0.1) is 0 Å². The molecule has 208 valence electrons. The normalized spacial score (nSPS) is 12.7. The molecule has 0 aliphatic carbocycles. The molecule has 5 aromatic rings. The molecule has 40 heavy (non-hydrogen) atoms. The highest BCUT2D eigenvalue weighted by Gasteiger charge is 2.35. The number of furan rings is 1. The van der Waals surface area contributed by atoms with Crippen molar-refractivity contribution in [2.75, 3.05) is 14.2 Å². The smallest absolute Gasteiger partial charge is 0.253 e. The number of benzene rings is 2. The van der Waals surface area contributed by atoms with Crippen molar-refractivity contribution in [3.63, 3.8) is 0 Å². The van der Waals surface area contributed by atoms with Crippen LogP contribution in [0.15, 0.2) is 76.1 Å². The molecular formula is C30H34N6O4. The van der Waals surface area contributed by atoms with Crippen molar-refractivity contribution in [3.8, 4) is 11.5 Å². The number of aromatic nitrogens is 5. The summed E-state index contributed by atoms with van der Waals surface area (Å²) in [5.41, 5.74) is 1.66. The number of H-pyrrole nitrogens is 1. The van der Waals surface area contributed by atoms with E-state index < -0.39 is 6.04 Å². The Hall–Kier alpha value is -4.44. The van der Waals surface area contributed by atoms with Gasteiger partial charge in [-0.05, 0) is 84.8 Å². The second kappa shape index (κ2) is 11.4. The number of hydrogen-bond donors (Lipinski definition) is 1. The minimum Gasteiger partial charge on any atom is -0.497 e. The zero-order chi connectivity index (χ0) is 28.3. The van der Waals surface area contributed by atoms with E-state index >= 15 is 0 Å². The Morgan fingerprint density at radius 3 is 2.45 bits per heavy atom. The van der Waals surface area contributed by atoms with Crippen molar-refractivity contribution in [1.29, 1.82) is 0 Å². The summed E-state index contributed by atoms with van der Waals surface area (Å²) in [4.78, 5) is 19.0. The average Bonchev–Trinajstić information content (AvgIpc) is 3.67. The number of nitrogens with zero attached hydrogens (tertiary/aromatic N) is 5. The molecule has 5 rings (SSSR count). The lowest BCUT2D eigenvalue weighted by Crippen LogP contribution is -2.38. The van der Waals surface area contributed by atoms with Gasteiger partial charge in [-0.25, -0.2) is 4.68 Å². The van der Waals surface area contributed by atoms with Gasteiger partial charge in [0.25, 0.3) is 5.56 Å². The van der Waals surface area contributed by atoms with Gasteiger partial charge in [0.15, 0.2) is 5.82 Å². The van der Waals surface area contributed by atoms with Crippen molar-refractivity contribution in [2.45, 2.75) is 51.9 Å². The highest BCUT2D eigenvalue weighted by atomic mass is 16.5. The Morgan fingerprint density at radius 1 is 1.02 bits per heavy atom. The third kappa shape index (κ3) is 5.48. The van der Waals surface area contributed by atoms with Gasteiger partial charge in [-0.2, -0.15) is 0 Å². The molecule has 1 N–H and O–H groups in total. The predicted octanol–water partition coefficient (Wildman–Crippen LogP) is 5.06. The molecule has 0 amide bonds. The summed E-state index contributed by atoms with van der Waals surface area (Å²) in [6.07, 6.45) is 2.44. The number of methoxy groups -OCH3 is 2. The van der Waals surface area contributed by atoms with E-state index in [1.807, 2.05) is 65.3 Å². The quantitative estimate of drug-likeness (QED) is 0.247. The lowest BCUT2D eigenvalue weighted by atomic mass is 9.98. The second-order valence-electron chi connectivity index (χ2n) is 10.4. The van der Waals surface area contributed by atoms with Crippen LogP contribution in [-0.4, -0.2) is 44.3 Å². The van der Waals surface area contributed by atoms with E-state index in [0.29, 0.717) is 30.2 Å². The van der Waals surface area contributed by atoms with Crippen LogP contribution in [0.1, 0.15) is 55.9 Å². The van der Waals surface area contributed by atoms with Gasteiger partial charge < -0.3 is 18.9 Å². The zero-order valence-corrected chi connectivity index (χ0v) is 23.4. The summed E-state index contributed by atoms with van der Waals surface area (Å²) in [5, 5.41) is 13.8. The van der Waals surface area contributed by atoms with Gasteiger partial charge >= 0.3 is 0 Å². The molecule has 10 nitrogen and oxygen atoms in total. The second-order valence-corrected chi connectivity index (χ2v) is 10.4. The molecular weight excluding hydrogens is 508 g/mol. The fourth-order valence-corrected chi connectivity index (χ4v) is 4.78. The standard InChI is InChI=1S/C30H34N6O4/c1-6-30(2,3)36-28(32-33-34-36)27(25-17-21-16-23(39-5)13-14-26(21)31-29(25)37)35(19-24-8-7-15-40-24)18-20-9-11-22(38-4)12-10-20/h7-17,27H,6,18-19H2,1-5H3,(H,31,37)/t27-/m1/s1. The van der Waals surface area contributed by atoms with E-state index in [-0.39, 0.29) is 11.1 Å². The summed E-state index contributed by atoms with van der Waals surface area (Å²) in [6.45, 7) is 7.16. The van der Waals surface area contributed by atoms with E-state index in [1.165, 1.54) is 0 Å². The summed E-state index contributed by atoms with van der Waals surface area (Å²) in [7, 11) is 3.27. The fraction of sp³-hybridized carbons (Fsp3) is 0.333. The highest BCUT2D eigenvalue weighted by Crippen LogP contribution is 2.33. The van der Waals surface area contributed by atoms with Crippen molar-refractivity contribution in [1.82, 2.24) is 30.1 Å². The monoisotopic (exact) mass is 542 g/mol. The Labute approximate surface area is 232 Å². The summed E-state index contributed by atoms with van der Waals surface area (Å²) in [6, 6.07) is 18.5. The van der Waals surface area contributed by atoms with E-state index in [9.17, 15) is 4.79 Å². The van der Waals surface area contributed by atoms with E-state index in [1.54, 1.807) is 20.5 Å². The van der Waals surface area contributed by atoms with Crippen LogP contribution in [0.5, 0.6) is 11.5 Å². The molecule has 1 atom stereocenters. The number of nitrogens with one attached hydrogen (secondary N) is 1. The lowest BCUT2D eigenvalue weighted by molar-refractivity contribution is 0.168. The maximum absolute atomic E-state index is 13.8. The lowest BCUT2D eigenvalue weighted by Gasteiger charge is -2.33. The van der Waals surface area contributed by atoms with E-state index in [0.717, 1.165) is 34.4 Å². The zero-order valence-electron chi connectivity index (χ0n) is 23.4. The minimum atomic E-state index is -0.604. The number of rotatable bonds is 11. The number of tetrazole rings is 1. The van der Waals surface area contributed by atoms with Crippen LogP contribution in [0.3, 0.4) is 0 Å². The van der Waals surface area contributed by atoms with Crippen molar-refractivity contribution >= 4 is 10.9 Å². The van der Waals surface area contributed by atoms with Gasteiger partial charge in [-0.3, -0.25) is 9.69 Å². The topological polar surface area (TPSA) is 111 Å². The number of pyridine rings is 1. The largest absolute Gasteiger partial charge is 0.497 e. The maximum Gasteiger partial charge on any atom is 0.253 e. The van der Waals surface area contributed by atoms with Gasteiger partial charge in [-0.15, -0.1) is 5.10 Å². The van der Waals surface area contributed by atoms with Crippen LogP contribution in [0.4, 0.5) is 0 Å². The van der Waals surface area contributed by atoms with Gasteiger partial charge in [0.2, 0.25) is 0 Å². The third-order valence-electron chi connectivity index (χ3n) is 7.40. The number of fused-ring (bicyclic) bond motifs is 1. The number of ether oxygens (including phenoxy) is 2. The van der Waals surface area contributed by atoms with Gasteiger partial charge in [0.1, 0.15) is 23.3 Å². The molecule has 3 heterocycles. The van der Waals surface area contributed by atoms with Crippen LogP contribution >= 0.6 is 0 Å². The first kappa shape index (κ1) is 27.1. The van der Waals surface area contributed by atoms with Crippen LogP contribution < -0.4 is 15.0 Å². The molecule has 2 aromatic carbocycles. The molecule has 10 heteroatoms. The molecule has 0 radical (unpaired) electrons. The Bertz CT molecular complexity index is 1620. The first-order valence-corrected chi connectivity index (χ1v) is 13.2. The third-order valence-corrected chi connectivity index (χ3v) is 7.40. The molecule has 3 aromatic heterocycles. The minimum absolute atomic E-state index is 0.217. The molecule has 0 fully saturated rings. The molecule has 0 bridgehead atoms. The fourth-order valence-electron chi connectivity index (χ4n) is 4.78. The van der Waals surface area contributed by atoms with Crippen LogP contribution in [-0.2, 0) is 18.6 Å². The van der Waals surface area contributed by atoms with Crippen molar-refractivity contribution in [3.05, 3.63) is 100.0 Å². The number of hydrogen-bond acceptors (Lipinski definition) is 8. The maximum atomic E-state index is 13.8. The highest BCUT2D eigenvalue weighted by molar-refractivity contribution is 5.80. The summed E-state index contributed by atoms with van der Waals surface area (Å²) < 4.78 is 18.4. The van der Waals surface area contributed by atoms with Gasteiger partial charge in [-0.1, -0.05) is 19.1 Å². The Kier molecular flexibility index (Phi) is 7.70. The summed E-state index contributed by atoms with van der Waals surface area (Å²) in [5.74, 6) is 2.79. The summed E-state index contributed by atoms with van der Waals surface area (Å²) >= 11 is 0. The van der Waals surface area contributed by atoms with Crippen LogP contribution in [0.2, 0.25) is 0 Å². The SMILES string of the molecule is CCC(C)(C)n1nnnc1[C@@H](c1cc2cc(OC)ccc2[nH]c1=O)N(Cc1ccc(OC)cc1)Cc1ccco1. The molecule has 0 unspecified atom stereocenters. The van der Waals surface area contributed by atoms with Crippen LogP contribution in [0.25, 0.3) is 10.9 Å². The predicted molar refractivity (Wildman–Crippen MR) is 151 cm³/mol. The van der Waals surface area contributed by atoms with Crippen molar-refractivity contribution < 1.29 is 13.9 Å². The van der Waals surface area contributed by atoms with E-state index in [4.69, 9.17) is 13.9 Å². The molecule has 0 spiro atoms. The van der Waals surface area contributed by atoms with Gasteiger partial charge in [0.05, 0.1) is 32.6 Å². The molecule has 0 saturated heterocycles. The number of aromatic amines is 1. The molecule has 0 saturated carbocycles. The Morgan fingerprint density at radius 2 is 1.77 bits per heavy atom. The first-order valence-electron chi connectivity index (χ1n) is 13.2. The Balaban J connectivity index is 1.72. The molecule has 0 aliphatic heterocycles. The van der Waals surface area contributed by atoms with Crippen molar-refractivity contribution in [2.24, 2.45) is 0 Å². The molecule has 0 aliphatic rings. The van der Waals surface area contributed by atoms with Gasteiger partial charge in [0, 0.05) is 23.0 Å².